The van der Waals surface area contributed by atoms with Crippen LogP contribution in [0.4, 0.5) is 5.95 Å². The Morgan fingerprint density at radius 1 is 1.48 bits per heavy atom. The molecular weight excluding hydrogens is 425 g/mol. The van der Waals surface area contributed by atoms with Crippen molar-refractivity contribution in [1.29, 1.82) is 0 Å². The summed E-state index contributed by atoms with van der Waals surface area (Å²) in [6.45, 7) is 7.45. The van der Waals surface area contributed by atoms with Crippen LogP contribution >= 0.6 is 19.4 Å². The van der Waals surface area contributed by atoms with Gasteiger partial charge in [-0.05, 0) is 27.7 Å². The van der Waals surface area contributed by atoms with Crippen molar-refractivity contribution in [2.24, 2.45) is 0 Å². The van der Waals surface area contributed by atoms with Gasteiger partial charge in [0.25, 0.3) is 0 Å². The Balaban J connectivity index is 1.70. The fourth-order valence-electron chi connectivity index (χ4n) is 3.47. The molecular formula is C16H23ClN5O6P. The van der Waals surface area contributed by atoms with E-state index in [1.807, 2.05) is 6.92 Å². The highest BCUT2D eigenvalue weighted by molar-refractivity contribution is 7.48. The summed E-state index contributed by atoms with van der Waals surface area (Å²) < 4.78 is 42.4. The zero-order chi connectivity index (χ0) is 21.0. The first-order chi connectivity index (χ1) is 13.6. The Kier molecular flexibility index (Phi) is 5.25. The molecule has 0 spiro atoms. The first-order valence-electron chi connectivity index (χ1n) is 9.23. The lowest BCUT2D eigenvalue weighted by atomic mass is 10.0. The van der Waals surface area contributed by atoms with Gasteiger partial charge in [-0.3, -0.25) is 18.1 Å². The van der Waals surface area contributed by atoms with Gasteiger partial charge in [0.15, 0.2) is 17.4 Å². The maximum absolute atomic E-state index is 12.8. The van der Waals surface area contributed by atoms with Crippen molar-refractivity contribution in [1.82, 2.24) is 19.5 Å². The number of nitrogens with zero attached hydrogens (tertiary/aromatic N) is 4. The molecule has 13 heteroatoms. The molecule has 0 saturated carbocycles. The van der Waals surface area contributed by atoms with E-state index in [1.54, 1.807) is 25.3 Å². The molecule has 4 heterocycles. The number of ether oxygens (including phenoxy) is 2. The van der Waals surface area contributed by atoms with Crippen LogP contribution in [-0.4, -0.2) is 55.9 Å². The molecule has 2 N–H and O–H groups in total. The van der Waals surface area contributed by atoms with Crippen molar-refractivity contribution < 1.29 is 27.6 Å². The molecule has 2 fully saturated rings. The molecule has 11 nitrogen and oxygen atoms in total. The molecule has 0 bridgehead atoms. The molecule has 160 valence electrons. The van der Waals surface area contributed by atoms with Gasteiger partial charge in [-0.1, -0.05) is 0 Å². The average Bonchev–Trinajstić information content (AvgIpc) is 3.13. The molecule has 2 aliphatic rings. The number of halogens is 1. The number of nitrogen functional groups attached to an aromatic ring is 1. The third-order valence-electron chi connectivity index (χ3n) is 4.60. The van der Waals surface area contributed by atoms with Crippen molar-refractivity contribution in [3.8, 4) is 5.88 Å². The monoisotopic (exact) mass is 447 g/mol. The lowest BCUT2D eigenvalue weighted by Crippen LogP contribution is -2.44. The van der Waals surface area contributed by atoms with Crippen LogP contribution < -0.4 is 10.5 Å². The zero-order valence-corrected chi connectivity index (χ0v) is 18.1. The van der Waals surface area contributed by atoms with Crippen LogP contribution in [0.5, 0.6) is 5.88 Å². The topological polar surface area (TPSA) is 133 Å². The number of hydrogen-bond acceptors (Lipinski definition) is 10. The van der Waals surface area contributed by atoms with E-state index in [4.69, 9.17) is 40.4 Å². The largest absolute Gasteiger partial charge is 0.476 e. The first-order valence-corrected chi connectivity index (χ1v) is 11.1. The summed E-state index contributed by atoms with van der Waals surface area (Å²) in [6.07, 6.45) is -0.859. The number of alkyl halides is 1. The third kappa shape index (κ3) is 3.60. The van der Waals surface area contributed by atoms with Crippen LogP contribution in [0.25, 0.3) is 11.2 Å². The predicted molar refractivity (Wildman–Crippen MR) is 104 cm³/mol. The van der Waals surface area contributed by atoms with E-state index in [2.05, 4.69) is 15.0 Å². The quantitative estimate of drug-likeness (QED) is 0.538. The van der Waals surface area contributed by atoms with Gasteiger partial charge in [0, 0.05) is 0 Å². The Labute approximate surface area is 172 Å². The number of nitrogens with two attached hydrogens (primary N) is 1. The van der Waals surface area contributed by atoms with Crippen LogP contribution in [0.1, 0.15) is 33.9 Å². The van der Waals surface area contributed by atoms with Crippen molar-refractivity contribution in [2.45, 2.75) is 57.1 Å². The minimum absolute atomic E-state index is 0.0153. The lowest BCUT2D eigenvalue weighted by molar-refractivity contribution is -0.0733. The second-order valence-electron chi connectivity index (χ2n) is 7.25. The summed E-state index contributed by atoms with van der Waals surface area (Å²) in [5.74, 6) is 0.304. The van der Waals surface area contributed by atoms with Crippen LogP contribution in [0, 0.1) is 0 Å². The zero-order valence-electron chi connectivity index (χ0n) is 16.4. The standard InChI is InChI=1S/C16H23ClN5O6P/c1-5-24-13-10-12(20-15(18)21-13)22(7-19-10)14-16(4,17)11-9(26-14)6-25-29(23,28-11)27-8(2)3/h7-9,11,14H,5-6H2,1-4H3,(H2,18,20,21)/t9-,11-,14-,16-,29+/m1/s1. The van der Waals surface area contributed by atoms with Gasteiger partial charge in [0.05, 0.1) is 25.6 Å². The van der Waals surface area contributed by atoms with E-state index >= 15 is 0 Å². The molecule has 2 saturated heterocycles. The van der Waals surface area contributed by atoms with E-state index < -0.39 is 31.1 Å². The van der Waals surface area contributed by atoms with Crippen LogP contribution in [0.15, 0.2) is 6.33 Å². The highest BCUT2D eigenvalue weighted by Gasteiger charge is 2.60. The van der Waals surface area contributed by atoms with Gasteiger partial charge in [-0.15, -0.1) is 11.6 Å². The van der Waals surface area contributed by atoms with Gasteiger partial charge in [0.2, 0.25) is 11.8 Å². The number of anilines is 1. The van der Waals surface area contributed by atoms with Crippen molar-refractivity contribution in [2.75, 3.05) is 18.9 Å². The van der Waals surface area contributed by atoms with E-state index in [-0.39, 0.29) is 24.5 Å². The number of rotatable bonds is 5. The Hall–Kier alpha value is -1.49. The SMILES string of the molecule is CCOc1nc(N)nc2c1ncn2[C@@H]1O[C@@H]2CO[P@@](=O)(OC(C)C)O[C@H]2[C@@]1(C)Cl. The minimum atomic E-state index is -3.75. The van der Waals surface area contributed by atoms with Crippen LogP contribution in [0.3, 0.4) is 0 Å². The number of phosphoric ester groups is 1. The van der Waals surface area contributed by atoms with Crippen molar-refractivity contribution in [3.63, 3.8) is 0 Å². The van der Waals surface area contributed by atoms with E-state index in [1.165, 1.54) is 6.33 Å². The fourth-order valence-corrected chi connectivity index (χ4v) is 5.53. The summed E-state index contributed by atoms with van der Waals surface area (Å²) in [6, 6.07) is 0. The predicted octanol–water partition coefficient (Wildman–Crippen LogP) is 2.65. The highest BCUT2D eigenvalue weighted by atomic mass is 35.5. The Morgan fingerprint density at radius 3 is 2.93 bits per heavy atom. The lowest BCUT2D eigenvalue weighted by Gasteiger charge is -2.35. The Morgan fingerprint density at radius 2 is 2.24 bits per heavy atom. The highest BCUT2D eigenvalue weighted by Crippen LogP contribution is 2.60. The van der Waals surface area contributed by atoms with Gasteiger partial charge in [-0.2, -0.15) is 9.97 Å². The summed E-state index contributed by atoms with van der Waals surface area (Å²) in [5.41, 5.74) is 6.66. The molecule has 0 unspecified atom stereocenters. The summed E-state index contributed by atoms with van der Waals surface area (Å²) in [4.78, 5) is 11.6. The normalized spacial score (nSPS) is 34.6. The number of fused-ring (bicyclic) bond motifs is 2. The first kappa shape index (κ1) is 20.8. The molecule has 0 aromatic carbocycles. The summed E-state index contributed by atoms with van der Waals surface area (Å²) in [5, 5.41) is 0. The van der Waals surface area contributed by atoms with Gasteiger partial charge >= 0.3 is 7.82 Å². The molecule has 0 aliphatic carbocycles. The number of hydrogen-bond donors (Lipinski definition) is 1. The van der Waals surface area contributed by atoms with Gasteiger partial charge in [-0.25, -0.2) is 9.55 Å². The average molecular weight is 448 g/mol. The second-order valence-corrected chi connectivity index (χ2v) is 9.63. The van der Waals surface area contributed by atoms with E-state index in [9.17, 15) is 4.57 Å². The Bertz CT molecular complexity index is 969. The molecule has 4 rings (SSSR count). The second kappa shape index (κ2) is 7.33. The number of phosphoric acid groups is 1. The molecule has 5 atom stereocenters. The maximum atomic E-state index is 12.8. The van der Waals surface area contributed by atoms with Crippen LogP contribution in [0.2, 0.25) is 0 Å². The molecule has 2 aromatic heterocycles. The van der Waals surface area contributed by atoms with Crippen LogP contribution in [-0.2, 0) is 22.9 Å². The molecule has 2 aliphatic heterocycles. The summed E-state index contributed by atoms with van der Waals surface area (Å²) >= 11 is 6.87. The fraction of sp³-hybridized carbons (Fsp3) is 0.688. The number of imidazole rings is 1. The number of aromatic nitrogens is 4. The third-order valence-corrected chi connectivity index (χ3v) is 6.63. The molecule has 2 aromatic rings. The minimum Gasteiger partial charge on any atom is -0.476 e. The van der Waals surface area contributed by atoms with E-state index in [0.29, 0.717) is 17.8 Å². The molecule has 0 radical (unpaired) electrons. The van der Waals surface area contributed by atoms with Crippen molar-refractivity contribution in [3.05, 3.63) is 6.33 Å². The smallest absolute Gasteiger partial charge is 0.475 e. The van der Waals surface area contributed by atoms with E-state index in [0.717, 1.165) is 0 Å². The van der Waals surface area contributed by atoms with Gasteiger partial charge < -0.3 is 15.2 Å². The molecule has 29 heavy (non-hydrogen) atoms. The summed E-state index contributed by atoms with van der Waals surface area (Å²) in [7, 11) is -3.75. The maximum Gasteiger partial charge on any atom is 0.475 e. The van der Waals surface area contributed by atoms with Crippen molar-refractivity contribution >= 4 is 36.5 Å². The molecule has 0 amide bonds. The van der Waals surface area contributed by atoms with Gasteiger partial charge in [0.1, 0.15) is 17.1 Å².